The molecule has 1 aliphatic rings. The summed E-state index contributed by atoms with van der Waals surface area (Å²) in [4.78, 5) is 4.25. The van der Waals surface area contributed by atoms with E-state index in [9.17, 15) is 8.42 Å². The van der Waals surface area contributed by atoms with Crippen LogP contribution in [0.5, 0.6) is 0 Å². The average molecular weight is 405 g/mol. The zero-order chi connectivity index (χ0) is 19.8. The SMILES string of the molecule is NNc1ccc(S(=O)(=O)N(CCCOCc2ccccc2)C2CCCC2)cn1. The summed E-state index contributed by atoms with van der Waals surface area (Å²) in [5.74, 6) is 5.75. The van der Waals surface area contributed by atoms with E-state index in [1.165, 1.54) is 6.20 Å². The molecule has 2 aromatic rings. The van der Waals surface area contributed by atoms with E-state index in [4.69, 9.17) is 10.6 Å². The molecule has 8 heteroatoms. The summed E-state index contributed by atoms with van der Waals surface area (Å²) < 4.78 is 33.8. The highest BCUT2D eigenvalue weighted by Gasteiger charge is 2.33. The van der Waals surface area contributed by atoms with Gasteiger partial charge in [0, 0.05) is 25.4 Å². The Morgan fingerprint density at radius 1 is 1.14 bits per heavy atom. The number of nitrogens with one attached hydrogen (secondary N) is 1. The predicted molar refractivity (Wildman–Crippen MR) is 109 cm³/mol. The van der Waals surface area contributed by atoms with Crippen molar-refractivity contribution in [3.63, 3.8) is 0 Å². The third-order valence-electron chi connectivity index (χ3n) is 5.00. The van der Waals surface area contributed by atoms with E-state index in [-0.39, 0.29) is 10.9 Å². The van der Waals surface area contributed by atoms with Gasteiger partial charge in [0.05, 0.1) is 6.61 Å². The van der Waals surface area contributed by atoms with Crippen molar-refractivity contribution in [2.75, 3.05) is 18.6 Å². The van der Waals surface area contributed by atoms with Gasteiger partial charge < -0.3 is 10.2 Å². The Morgan fingerprint density at radius 3 is 2.54 bits per heavy atom. The second-order valence-electron chi connectivity index (χ2n) is 6.97. The maximum atomic E-state index is 13.2. The highest BCUT2D eigenvalue weighted by molar-refractivity contribution is 7.89. The molecule has 0 unspecified atom stereocenters. The van der Waals surface area contributed by atoms with Crippen molar-refractivity contribution in [3.05, 3.63) is 54.2 Å². The van der Waals surface area contributed by atoms with Gasteiger partial charge in [0.1, 0.15) is 10.7 Å². The highest BCUT2D eigenvalue weighted by atomic mass is 32.2. The van der Waals surface area contributed by atoms with Crippen LogP contribution >= 0.6 is 0 Å². The summed E-state index contributed by atoms with van der Waals surface area (Å²) >= 11 is 0. The Kier molecular flexibility index (Phi) is 7.38. The van der Waals surface area contributed by atoms with Crippen LogP contribution in [0.2, 0.25) is 0 Å². The van der Waals surface area contributed by atoms with Crippen LogP contribution < -0.4 is 11.3 Å². The predicted octanol–water partition coefficient (Wildman–Crippen LogP) is 2.91. The summed E-state index contributed by atoms with van der Waals surface area (Å²) in [7, 11) is -3.60. The molecule has 1 aromatic heterocycles. The molecule has 0 saturated heterocycles. The zero-order valence-electron chi connectivity index (χ0n) is 16.0. The number of nitrogens with zero attached hydrogens (tertiary/aromatic N) is 2. The molecule has 7 nitrogen and oxygen atoms in total. The molecule has 0 bridgehead atoms. The van der Waals surface area contributed by atoms with Gasteiger partial charge in [-0.3, -0.25) is 0 Å². The molecule has 0 amide bonds. The Bertz CT molecular complexity index is 822. The molecule has 1 aliphatic carbocycles. The van der Waals surface area contributed by atoms with Gasteiger partial charge in [0.25, 0.3) is 0 Å². The summed E-state index contributed by atoms with van der Waals surface area (Å²) in [6.07, 6.45) is 5.95. The van der Waals surface area contributed by atoms with Crippen LogP contribution in [0.1, 0.15) is 37.7 Å². The van der Waals surface area contributed by atoms with Crippen molar-refractivity contribution in [2.24, 2.45) is 5.84 Å². The van der Waals surface area contributed by atoms with Crippen molar-refractivity contribution in [3.8, 4) is 0 Å². The normalized spacial score (nSPS) is 15.2. The largest absolute Gasteiger partial charge is 0.377 e. The molecular formula is C20H28N4O3S. The molecule has 152 valence electrons. The molecule has 28 heavy (non-hydrogen) atoms. The number of hydrazine groups is 1. The lowest BCUT2D eigenvalue weighted by Crippen LogP contribution is -2.40. The van der Waals surface area contributed by atoms with Gasteiger partial charge in [-0.05, 0) is 37.0 Å². The third kappa shape index (κ3) is 5.29. The molecule has 0 atom stereocenters. The van der Waals surface area contributed by atoms with Crippen LogP contribution in [0.25, 0.3) is 0 Å². The second-order valence-corrected chi connectivity index (χ2v) is 8.86. The number of hydrogen-bond acceptors (Lipinski definition) is 6. The highest BCUT2D eigenvalue weighted by Crippen LogP contribution is 2.29. The third-order valence-corrected chi connectivity index (χ3v) is 6.94. The number of nitrogen functional groups attached to an aromatic ring is 1. The number of anilines is 1. The van der Waals surface area contributed by atoms with E-state index in [1.807, 2.05) is 30.3 Å². The van der Waals surface area contributed by atoms with Crippen LogP contribution in [0.3, 0.4) is 0 Å². The lowest BCUT2D eigenvalue weighted by molar-refractivity contribution is 0.112. The van der Waals surface area contributed by atoms with Crippen LogP contribution in [0.4, 0.5) is 5.82 Å². The molecule has 1 saturated carbocycles. The van der Waals surface area contributed by atoms with Crippen molar-refractivity contribution in [1.82, 2.24) is 9.29 Å². The van der Waals surface area contributed by atoms with Crippen LogP contribution in [0.15, 0.2) is 53.6 Å². The number of benzene rings is 1. The molecule has 0 radical (unpaired) electrons. The minimum Gasteiger partial charge on any atom is -0.377 e. The van der Waals surface area contributed by atoms with E-state index >= 15 is 0 Å². The van der Waals surface area contributed by atoms with E-state index in [1.54, 1.807) is 16.4 Å². The first-order valence-corrected chi connectivity index (χ1v) is 11.1. The van der Waals surface area contributed by atoms with Gasteiger partial charge in [-0.25, -0.2) is 19.2 Å². The summed E-state index contributed by atoms with van der Waals surface area (Å²) in [6.45, 7) is 1.50. The maximum Gasteiger partial charge on any atom is 0.244 e. The van der Waals surface area contributed by atoms with Crippen molar-refractivity contribution < 1.29 is 13.2 Å². The first kappa shape index (κ1) is 20.7. The number of ether oxygens (including phenoxy) is 1. The fourth-order valence-corrected chi connectivity index (χ4v) is 5.20. The van der Waals surface area contributed by atoms with E-state index < -0.39 is 10.0 Å². The van der Waals surface area contributed by atoms with Gasteiger partial charge in [-0.15, -0.1) is 0 Å². The van der Waals surface area contributed by atoms with Crippen LogP contribution in [0, 0.1) is 0 Å². The molecule has 3 rings (SSSR count). The van der Waals surface area contributed by atoms with Crippen LogP contribution in [-0.2, 0) is 21.4 Å². The van der Waals surface area contributed by atoms with Crippen molar-refractivity contribution in [1.29, 1.82) is 0 Å². The molecular weight excluding hydrogens is 376 g/mol. The maximum absolute atomic E-state index is 13.2. The first-order chi connectivity index (χ1) is 13.6. The Balaban J connectivity index is 1.61. The zero-order valence-corrected chi connectivity index (χ0v) is 16.8. The quantitative estimate of drug-likeness (QED) is 0.359. The van der Waals surface area contributed by atoms with Gasteiger partial charge in [0.15, 0.2) is 0 Å². The molecule has 1 fully saturated rings. The number of rotatable bonds is 10. The Labute approximate surface area is 166 Å². The lowest BCUT2D eigenvalue weighted by Gasteiger charge is -2.28. The smallest absolute Gasteiger partial charge is 0.244 e. The minimum atomic E-state index is -3.60. The molecule has 0 aliphatic heterocycles. The van der Waals surface area contributed by atoms with E-state index in [2.05, 4.69) is 10.4 Å². The monoisotopic (exact) mass is 404 g/mol. The standard InChI is InChI=1S/C20H28N4O3S/c21-23-20-12-11-19(15-22-20)28(25,26)24(18-9-4-5-10-18)13-6-14-27-16-17-7-2-1-3-8-17/h1-3,7-8,11-12,15,18H,4-6,9-10,13-14,16,21H2,(H,22,23). The number of sulfonamides is 1. The second kappa shape index (κ2) is 9.97. The summed E-state index contributed by atoms with van der Waals surface area (Å²) in [5, 5.41) is 0. The fraction of sp³-hybridized carbons (Fsp3) is 0.450. The fourth-order valence-electron chi connectivity index (χ4n) is 3.53. The minimum absolute atomic E-state index is 0.0476. The molecule has 0 spiro atoms. The van der Waals surface area contributed by atoms with Gasteiger partial charge in [-0.2, -0.15) is 4.31 Å². The van der Waals surface area contributed by atoms with Gasteiger partial charge in [0.2, 0.25) is 10.0 Å². The Hall–Kier alpha value is -2.00. The summed E-state index contributed by atoms with van der Waals surface area (Å²) in [6, 6.07) is 13.1. The van der Waals surface area contributed by atoms with E-state index in [0.717, 1.165) is 31.2 Å². The summed E-state index contributed by atoms with van der Waals surface area (Å²) in [5.41, 5.74) is 3.53. The molecule has 1 heterocycles. The topological polar surface area (TPSA) is 97.5 Å². The van der Waals surface area contributed by atoms with Crippen LogP contribution in [-0.4, -0.2) is 36.9 Å². The number of aromatic nitrogens is 1. The molecule has 3 N–H and O–H groups in total. The van der Waals surface area contributed by atoms with Gasteiger partial charge in [-0.1, -0.05) is 43.2 Å². The lowest BCUT2D eigenvalue weighted by atomic mass is 10.2. The van der Waals surface area contributed by atoms with Crippen molar-refractivity contribution in [2.45, 2.75) is 49.6 Å². The number of nitrogens with two attached hydrogens (primary N) is 1. The molecule has 1 aromatic carbocycles. The average Bonchev–Trinajstić information content (AvgIpc) is 3.25. The number of hydrogen-bond donors (Lipinski definition) is 2. The first-order valence-electron chi connectivity index (χ1n) is 9.67. The van der Waals surface area contributed by atoms with E-state index in [0.29, 0.717) is 32.0 Å². The Morgan fingerprint density at radius 2 is 1.89 bits per heavy atom. The van der Waals surface area contributed by atoms with Crippen molar-refractivity contribution >= 4 is 15.8 Å². The van der Waals surface area contributed by atoms with Gasteiger partial charge >= 0.3 is 0 Å². The number of pyridine rings is 1.